The average molecular weight is 367 g/mol. The summed E-state index contributed by atoms with van der Waals surface area (Å²) < 4.78 is -1.69. The molecule has 1 atom stereocenters. The topological polar surface area (TPSA) is 75.5 Å². The first-order valence-corrected chi connectivity index (χ1v) is 7.78. The molecule has 1 aliphatic heterocycles. The van der Waals surface area contributed by atoms with Crippen molar-refractivity contribution in [3.05, 3.63) is 39.9 Å². The second-order valence-corrected chi connectivity index (χ2v) is 7.34. The Balaban J connectivity index is 2.17. The molecule has 1 aromatic rings. The summed E-state index contributed by atoms with van der Waals surface area (Å²) in [5.74, 6) is -0.521. The van der Waals surface area contributed by atoms with Crippen LogP contribution in [0.3, 0.4) is 0 Å². The van der Waals surface area contributed by atoms with E-state index in [-0.39, 0.29) is 11.3 Å². The van der Waals surface area contributed by atoms with E-state index in [1.807, 2.05) is 4.90 Å². The maximum absolute atomic E-state index is 12.3. The summed E-state index contributed by atoms with van der Waals surface area (Å²) in [7, 11) is 0. The van der Waals surface area contributed by atoms with E-state index in [2.05, 4.69) is 5.32 Å². The number of amides is 1. The Morgan fingerprint density at radius 3 is 2.50 bits per heavy atom. The Hall–Kier alpha value is -1.08. The zero-order chi connectivity index (χ0) is 16.3. The van der Waals surface area contributed by atoms with Crippen molar-refractivity contribution in [3.63, 3.8) is 0 Å². The summed E-state index contributed by atoms with van der Waals surface area (Å²) in [6, 6.07) is 5.41. The molecule has 1 aromatic carbocycles. The van der Waals surface area contributed by atoms with Gasteiger partial charge in [-0.1, -0.05) is 40.9 Å². The lowest BCUT2D eigenvalue weighted by atomic mass is 10.2. The zero-order valence-electron chi connectivity index (χ0n) is 11.5. The number of hydrogen-bond acceptors (Lipinski definition) is 4. The molecule has 9 heteroatoms. The van der Waals surface area contributed by atoms with Gasteiger partial charge >= 0.3 is 0 Å². The Morgan fingerprint density at radius 1 is 1.32 bits per heavy atom. The zero-order valence-corrected chi connectivity index (χ0v) is 13.7. The van der Waals surface area contributed by atoms with Gasteiger partial charge in [0.05, 0.1) is 4.92 Å². The maximum atomic E-state index is 12.3. The van der Waals surface area contributed by atoms with Gasteiger partial charge in [0, 0.05) is 30.8 Å². The molecular weight excluding hydrogens is 353 g/mol. The first kappa shape index (κ1) is 17.3. The molecule has 0 aromatic heterocycles. The Morgan fingerprint density at radius 2 is 1.95 bits per heavy atom. The molecule has 0 radical (unpaired) electrons. The number of nitro benzene ring substituents is 1. The van der Waals surface area contributed by atoms with E-state index in [0.717, 1.165) is 12.8 Å². The summed E-state index contributed by atoms with van der Waals surface area (Å²) in [5.41, 5.74) is -0.0214. The van der Waals surface area contributed by atoms with Crippen molar-refractivity contribution in [1.29, 1.82) is 0 Å². The van der Waals surface area contributed by atoms with Crippen molar-refractivity contribution in [2.75, 3.05) is 13.1 Å². The molecule has 120 valence electrons. The first-order valence-electron chi connectivity index (χ1n) is 6.65. The molecule has 1 N–H and O–H groups in total. The Labute approximate surface area is 142 Å². The Bertz CT molecular complexity index is 571. The molecule has 22 heavy (non-hydrogen) atoms. The van der Waals surface area contributed by atoms with Crippen LogP contribution in [0.1, 0.15) is 23.2 Å². The normalized spacial score (nSPS) is 17.2. The predicted octanol–water partition coefficient (Wildman–Crippen LogP) is 3.12. The van der Waals surface area contributed by atoms with Gasteiger partial charge in [0.15, 0.2) is 0 Å². The monoisotopic (exact) mass is 365 g/mol. The summed E-state index contributed by atoms with van der Waals surface area (Å²) in [6.45, 7) is 1.43. The highest BCUT2D eigenvalue weighted by atomic mass is 35.6. The maximum Gasteiger partial charge on any atom is 0.270 e. The number of hydrogen-bond donors (Lipinski definition) is 1. The number of rotatable bonds is 4. The molecule has 1 heterocycles. The van der Waals surface area contributed by atoms with Crippen molar-refractivity contribution in [2.24, 2.45) is 0 Å². The molecule has 0 spiro atoms. The van der Waals surface area contributed by atoms with Gasteiger partial charge in [-0.15, -0.1) is 0 Å². The minimum atomic E-state index is -1.69. The summed E-state index contributed by atoms with van der Waals surface area (Å²) in [6.07, 6.45) is 1.14. The number of benzene rings is 1. The van der Waals surface area contributed by atoms with Crippen LogP contribution < -0.4 is 5.32 Å². The number of halogens is 3. The van der Waals surface area contributed by atoms with Crippen LogP contribution >= 0.6 is 34.8 Å². The number of alkyl halides is 3. The Kier molecular flexibility index (Phi) is 5.50. The van der Waals surface area contributed by atoms with Gasteiger partial charge < -0.3 is 5.32 Å². The van der Waals surface area contributed by atoms with Crippen molar-refractivity contribution in [2.45, 2.75) is 22.8 Å². The van der Waals surface area contributed by atoms with Crippen LogP contribution in [0.25, 0.3) is 0 Å². The number of likely N-dealkylation sites (tertiary alicyclic amines) is 1. The van der Waals surface area contributed by atoms with Crippen LogP contribution in [-0.4, -0.2) is 38.8 Å². The fourth-order valence-electron chi connectivity index (χ4n) is 2.35. The van der Waals surface area contributed by atoms with Crippen LogP contribution in [0.2, 0.25) is 0 Å². The van der Waals surface area contributed by atoms with Crippen LogP contribution in [0.4, 0.5) is 5.69 Å². The highest BCUT2D eigenvalue weighted by Crippen LogP contribution is 2.33. The van der Waals surface area contributed by atoms with Crippen LogP contribution in [0, 0.1) is 10.1 Å². The van der Waals surface area contributed by atoms with Gasteiger partial charge in [-0.05, 0) is 18.9 Å². The minimum Gasteiger partial charge on any atom is -0.332 e. The number of nitrogens with one attached hydrogen (secondary N) is 1. The minimum absolute atomic E-state index is 0.146. The molecule has 1 saturated heterocycles. The van der Waals surface area contributed by atoms with E-state index in [1.165, 1.54) is 24.3 Å². The van der Waals surface area contributed by atoms with Crippen LogP contribution in [0.5, 0.6) is 0 Å². The smallest absolute Gasteiger partial charge is 0.270 e. The van der Waals surface area contributed by atoms with Crippen molar-refractivity contribution < 1.29 is 9.72 Å². The molecule has 0 unspecified atom stereocenters. The number of nitro groups is 1. The van der Waals surface area contributed by atoms with Crippen molar-refractivity contribution in [1.82, 2.24) is 10.2 Å². The van der Waals surface area contributed by atoms with E-state index < -0.39 is 20.8 Å². The third-order valence-corrected chi connectivity index (χ3v) is 4.02. The SMILES string of the molecule is O=C(N[C@@H](N1CCCC1)C(Cl)(Cl)Cl)c1cccc([N+](=O)[O-])c1. The molecule has 0 bridgehead atoms. The van der Waals surface area contributed by atoms with Gasteiger partial charge in [-0.25, -0.2) is 0 Å². The lowest BCUT2D eigenvalue weighted by Crippen LogP contribution is -2.54. The molecule has 1 aliphatic rings. The standard InChI is InChI=1S/C13H14Cl3N3O3/c14-13(15,16)12(18-6-1-2-7-18)17-11(20)9-4-3-5-10(8-9)19(21)22/h3-5,8,12H,1-2,6-7H2,(H,17,20)/t12-/m0/s1. The number of carbonyl (C=O) groups is 1. The van der Waals surface area contributed by atoms with Gasteiger partial charge in [0.1, 0.15) is 6.17 Å². The van der Waals surface area contributed by atoms with Crippen molar-refractivity contribution in [3.8, 4) is 0 Å². The lowest BCUT2D eigenvalue weighted by molar-refractivity contribution is -0.384. The van der Waals surface area contributed by atoms with Gasteiger partial charge in [-0.2, -0.15) is 0 Å². The molecular formula is C13H14Cl3N3O3. The second-order valence-electron chi connectivity index (χ2n) is 4.97. The lowest BCUT2D eigenvalue weighted by Gasteiger charge is -2.33. The summed E-state index contributed by atoms with van der Waals surface area (Å²) in [5, 5.41) is 13.4. The quantitative estimate of drug-likeness (QED) is 0.505. The van der Waals surface area contributed by atoms with Crippen molar-refractivity contribution >= 4 is 46.4 Å². The number of nitrogens with zero attached hydrogens (tertiary/aromatic N) is 2. The van der Waals surface area contributed by atoms with Gasteiger partial charge in [0.25, 0.3) is 11.6 Å². The fraction of sp³-hybridized carbons (Fsp3) is 0.462. The van der Waals surface area contributed by atoms with E-state index in [4.69, 9.17) is 34.8 Å². The molecule has 1 amide bonds. The molecule has 0 aliphatic carbocycles. The van der Waals surface area contributed by atoms with E-state index in [0.29, 0.717) is 13.1 Å². The summed E-state index contributed by atoms with van der Waals surface area (Å²) >= 11 is 17.9. The second kappa shape index (κ2) is 7.00. The third kappa shape index (κ3) is 4.23. The fourth-order valence-corrected chi connectivity index (χ4v) is 2.93. The largest absolute Gasteiger partial charge is 0.332 e. The molecule has 1 fully saturated rings. The van der Waals surface area contributed by atoms with Gasteiger partial charge in [-0.3, -0.25) is 19.8 Å². The number of non-ortho nitro benzene ring substituents is 1. The first-order chi connectivity index (χ1) is 10.3. The molecule has 0 saturated carbocycles. The average Bonchev–Trinajstić information content (AvgIpc) is 2.97. The molecule has 2 rings (SSSR count). The van der Waals surface area contributed by atoms with Gasteiger partial charge in [0.2, 0.25) is 3.79 Å². The van der Waals surface area contributed by atoms with Crippen LogP contribution in [0.15, 0.2) is 24.3 Å². The highest BCUT2D eigenvalue weighted by molar-refractivity contribution is 6.68. The van der Waals surface area contributed by atoms with E-state index in [1.54, 1.807) is 0 Å². The predicted molar refractivity (Wildman–Crippen MR) is 85.4 cm³/mol. The summed E-state index contributed by atoms with van der Waals surface area (Å²) in [4.78, 5) is 24.4. The highest BCUT2D eigenvalue weighted by Gasteiger charge is 2.39. The number of carbonyl (C=O) groups excluding carboxylic acids is 1. The van der Waals surface area contributed by atoms with E-state index >= 15 is 0 Å². The molecule has 6 nitrogen and oxygen atoms in total. The van der Waals surface area contributed by atoms with Crippen LogP contribution in [-0.2, 0) is 0 Å². The van der Waals surface area contributed by atoms with E-state index in [9.17, 15) is 14.9 Å². The third-order valence-electron chi connectivity index (χ3n) is 3.40.